The van der Waals surface area contributed by atoms with E-state index in [0.717, 1.165) is 37.4 Å². The van der Waals surface area contributed by atoms with Gasteiger partial charge in [-0.25, -0.2) is 4.98 Å². The first-order valence-electron chi connectivity index (χ1n) is 10.3. The molecule has 4 atom stereocenters. The first-order valence-corrected chi connectivity index (χ1v) is 10.3. The molecule has 0 spiro atoms. The van der Waals surface area contributed by atoms with Crippen molar-refractivity contribution >= 4 is 5.82 Å². The molecule has 1 heterocycles. The number of nitrogens with one attached hydrogen (secondary N) is 1. The minimum Gasteiger partial charge on any atom is -0.497 e. The highest BCUT2D eigenvalue weighted by atomic mass is 16.5. The largest absolute Gasteiger partial charge is 0.497 e. The molecule has 1 aromatic heterocycles. The van der Waals surface area contributed by atoms with Gasteiger partial charge < -0.3 is 10.1 Å². The topological polar surface area (TPSA) is 57.9 Å². The fourth-order valence-electron chi connectivity index (χ4n) is 5.56. The summed E-state index contributed by atoms with van der Waals surface area (Å²) in [6.45, 7) is 3.24. The lowest BCUT2D eigenvalue weighted by Gasteiger charge is -2.51. The van der Waals surface area contributed by atoms with Crippen molar-refractivity contribution in [2.24, 2.45) is 17.3 Å². The van der Waals surface area contributed by atoms with Crippen LogP contribution in [0.15, 0.2) is 42.6 Å². The molecular formula is C24H29N3O. The van der Waals surface area contributed by atoms with E-state index in [-0.39, 0.29) is 5.41 Å². The van der Waals surface area contributed by atoms with Gasteiger partial charge in [-0.1, -0.05) is 19.1 Å². The van der Waals surface area contributed by atoms with Crippen molar-refractivity contribution in [3.63, 3.8) is 0 Å². The van der Waals surface area contributed by atoms with Crippen molar-refractivity contribution in [2.45, 2.75) is 44.9 Å². The number of hydrogen-bond donors (Lipinski definition) is 1. The predicted molar refractivity (Wildman–Crippen MR) is 111 cm³/mol. The van der Waals surface area contributed by atoms with Gasteiger partial charge in [-0.15, -0.1) is 0 Å². The van der Waals surface area contributed by atoms with Crippen molar-refractivity contribution < 1.29 is 4.74 Å². The standard InChI is InChI=1S/C24H29N3O/c1-24(16-27-23-5-3-4-14-26-23)12-10-20-19-9-7-18(28-2)15-17(19)6-8-21(20)22(24)11-13-25/h3-5,7,9,14-15,20-22H,6,8,10-12,16H2,1-2H3,(H,26,27)/t20-,21-,22+,24-/m1/s1. The normalized spacial score (nSPS) is 28.5. The number of benzene rings is 1. The van der Waals surface area contributed by atoms with E-state index in [1.807, 2.05) is 24.4 Å². The molecule has 2 aliphatic carbocycles. The van der Waals surface area contributed by atoms with Crippen LogP contribution < -0.4 is 10.1 Å². The average molecular weight is 376 g/mol. The molecule has 1 aromatic carbocycles. The van der Waals surface area contributed by atoms with Gasteiger partial charge in [0, 0.05) is 19.2 Å². The van der Waals surface area contributed by atoms with Gasteiger partial charge in [0.05, 0.1) is 13.2 Å². The first kappa shape index (κ1) is 18.8. The lowest BCUT2D eigenvalue weighted by atomic mass is 9.54. The zero-order valence-corrected chi connectivity index (χ0v) is 16.8. The Labute approximate surface area is 167 Å². The average Bonchev–Trinajstić information content (AvgIpc) is 2.74. The number of rotatable bonds is 5. The van der Waals surface area contributed by atoms with Crippen molar-refractivity contribution in [2.75, 3.05) is 19.0 Å². The number of pyridine rings is 1. The van der Waals surface area contributed by atoms with Gasteiger partial charge in [-0.3, -0.25) is 0 Å². The van der Waals surface area contributed by atoms with E-state index < -0.39 is 0 Å². The molecule has 28 heavy (non-hydrogen) atoms. The van der Waals surface area contributed by atoms with Crippen LogP contribution in [-0.2, 0) is 6.42 Å². The number of aromatic nitrogens is 1. The molecule has 1 fully saturated rings. The minimum absolute atomic E-state index is 0.110. The molecule has 0 radical (unpaired) electrons. The Morgan fingerprint density at radius 2 is 2.18 bits per heavy atom. The van der Waals surface area contributed by atoms with Crippen LogP contribution >= 0.6 is 0 Å². The summed E-state index contributed by atoms with van der Waals surface area (Å²) in [4.78, 5) is 4.40. The summed E-state index contributed by atoms with van der Waals surface area (Å²) in [5, 5.41) is 13.1. The lowest BCUT2D eigenvalue weighted by Crippen LogP contribution is -2.46. The fraction of sp³-hybridized carbons (Fsp3) is 0.500. The minimum atomic E-state index is 0.110. The van der Waals surface area contributed by atoms with Gasteiger partial charge in [0.1, 0.15) is 11.6 Å². The third kappa shape index (κ3) is 3.46. The lowest BCUT2D eigenvalue weighted by molar-refractivity contribution is 0.0447. The summed E-state index contributed by atoms with van der Waals surface area (Å²) in [7, 11) is 1.73. The van der Waals surface area contributed by atoms with Crippen LogP contribution in [0.4, 0.5) is 5.82 Å². The van der Waals surface area contributed by atoms with Crippen LogP contribution in [-0.4, -0.2) is 18.6 Å². The molecule has 0 unspecified atom stereocenters. The van der Waals surface area contributed by atoms with Gasteiger partial charge in [-0.05, 0) is 84.2 Å². The van der Waals surface area contributed by atoms with Gasteiger partial charge in [0.15, 0.2) is 0 Å². The van der Waals surface area contributed by atoms with E-state index in [4.69, 9.17) is 4.74 Å². The Hall–Kier alpha value is -2.54. The highest BCUT2D eigenvalue weighted by molar-refractivity contribution is 5.41. The number of ether oxygens (including phenoxy) is 1. The van der Waals surface area contributed by atoms with E-state index in [2.05, 4.69) is 41.5 Å². The smallest absolute Gasteiger partial charge is 0.125 e. The number of fused-ring (bicyclic) bond motifs is 3. The second kappa shape index (κ2) is 7.83. The number of methoxy groups -OCH3 is 1. The summed E-state index contributed by atoms with van der Waals surface area (Å²) in [6, 6.07) is 15.0. The van der Waals surface area contributed by atoms with Crippen LogP contribution in [0.5, 0.6) is 5.75 Å². The molecule has 0 saturated heterocycles. The Morgan fingerprint density at radius 1 is 1.29 bits per heavy atom. The fourth-order valence-corrected chi connectivity index (χ4v) is 5.56. The van der Waals surface area contributed by atoms with Gasteiger partial charge in [-0.2, -0.15) is 5.26 Å². The van der Waals surface area contributed by atoms with Crippen LogP contribution in [0.25, 0.3) is 0 Å². The summed E-state index contributed by atoms with van der Waals surface area (Å²) < 4.78 is 5.43. The molecule has 2 aliphatic rings. The second-order valence-electron chi connectivity index (χ2n) is 8.60. The van der Waals surface area contributed by atoms with E-state index >= 15 is 0 Å². The first-order chi connectivity index (χ1) is 13.6. The molecule has 1 N–H and O–H groups in total. The number of anilines is 1. The number of nitrogens with zero attached hydrogens (tertiary/aromatic N) is 2. The van der Waals surface area contributed by atoms with Crippen molar-refractivity contribution in [1.29, 1.82) is 5.26 Å². The van der Waals surface area contributed by atoms with Crippen molar-refractivity contribution in [3.05, 3.63) is 53.7 Å². The summed E-state index contributed by atoms with van der Waals surface area (Å²) >= 11 is 0. The van der Waals surface area contributed by atoms with Crippen molar-refractivity contribution in [3.8, 4) is 11.8 Å². The number of hydrogen-bond acceptors (Lipinski definition) is 4. The van der Waals surface area contributed by atoms with Crippen LogP contribution in [0.1, 0.15) is 49.7 Å². The number of aryl methyl sites for hydroxylation is 1. The quantitative estimate of drug-likeness (QED) is 0.782. The molecule has 146 valence electrons. The molecule has 0 aliphatic heterocycles. The van der Waals surface area contributed by atoms with Crippen LogP contribution in [0.2, 0.25) is 0 Å². The Balaban J connectivity index is 1.57. The maximum absolute atomic E-state index is 9.59. The zero-order chi connectivity index (χ0) is 19.6. The third-order valence-corrected chi connectivity index (χ3v) is 7.10. The Kier molecular flexibility index (Phi) is 5.26. The molecule has 4 nitrogen and oxygen atoms in total. The SMILES string of the molecule is COc1ccc2c(c1)CC[C@@H]1[C@@H]2CC[C@](C)(CNc2ccccn2)[C@H]1CC#N. The molecule has 0 amide bonds. The summed E-state index contributed by atoms with van der Waals surface area (Å²) in [5.74, 6) is 3.41. The van der Waals surface area contributed by atoms with Gasteiger partial charge >= 0.3 is 0 Å². The molecule has 2 aromatic rings. The Morgan fingerprint density at radius 3 is 2.93 bits per heavy atom. The predicted octanol–water partition coefficient (Wildman–Crippen LogP) is 5.18. The molecule has 1 saturated carbocycles. The van der Waals surface area contributed by atoms with Crippen molar-refractivity contribution in [1.82, 2.24) is 4.98 Å². The maximum atomic E-state index is 9.59. The molecule has 4 rings (SSSR count). The van der Waals surface area contributed by atoms with E-state index in [9.17, 15) is 5.26 Å². The Bertz CT molecular complexity index is 860. The van der Waals surface area contributed by atoms with E-state index in [1.54, 1.807) is 7.11 Å². The van der Waals surface area contributed by atoms with E-state index in [0.29, 0.717) is 24.2 Å². The summed E-state index contributed by atoms with van der Waals surface area (Å²) in [5.41, 5.74) is 3.03. The number of nitriles is 1. The van der Waals surface area contributed by atoms with E-state index in [1.165, 1.54) is 17.5 Å². The van der Waals surface area contributed by atoms with Crippen LogP contribution in [0.3, 0.4) is 0 Å². The molecule has 4 heteroatoms. The molecule has 0 bridgehead atoms. The monoisotopic (exact) mass is 375 g/mol. The van der Waals surface area contributed by atoms with Gasteiger partial charge in [0.2, 0.25) is 0 Å². The maximum Gasteiger partial charge on any atom is 0.125 e. The zero-order valence-electron chi connectivity index (χ0n) is 16.8. The third-order valence-electron chi connectivity index (χ3n) is 7.10. The summed E-state index contributed by atoms with van der Waals surface area (Å²) in [6.07, 6.45) is 7.02. The highest BCUT2D eigenvalue weighted by Crippen LogP contribution is 2.55. The van der Waals surface area contributed by atoms with Crippen LogP contribution in [0, 0.1) is 28.6 Å². The van der Waals surface area contributed by atoms with Gasteiger partial charge in [0.25, 0.3) is 0 Å². The second-order valence-corrected chi connectivity index (χ2v) is 8.60. The molecular weight excluding hydrogens is 346 g/mol. The highest BCUT2D eigenvalue weighted by Gasteiger charge is 2.48.